The van der Waals surface area contributed by atoms with E-state index in [1.807, 2.05) is 37.3 Å². The molecule has 3 aromatic rings. The Balaban J connectivity index is 1.81. The van der Waals surface area contributed by atoms with Crippen LogP contribution in [0.5, 0.6) is 0 Å². The van der Waals surface area contributed by atoms with Gasteiger partial charge in [-0.3, -0.25) is 9.59 Å². The van der Waals surface area contributed by atoms with Crippen LogP contribution in [0.15, 0.2) is 62.5 Å². The highest BCUT2D eigenvalue weighted by Gasteiger charge is 2.19. The van der Waals surface area contributed by atoms with Crippen LogP contribution in [-0.4, -0.2) is 15.5 Å². The lowest BCUT2D eigenvalue weighted by molar-refractivity contribution is 0.0933. The summed E-state index contributed by atoms with van der Waals surface area (Å²) in [7, 11) is 0. The molecule has 0 aliphatic rings. The Morgan fingerprint density at radius 3 is 2.71 bits per heavy atom. The third-order valence-electron chi connectivity index (χ3n) is 3.75. The summed E-state index contributed by atoms with van der Waals surface area (Å²) in [5.74, 6) is -0.0766. The van der Waals surface area contributed by atoms with Crippen molar-refractivity contribution < 1.29 is 9.32 Å². The van der Waals surface area contributed by atoms with Crippen molar-refractivity contribution in [2.24, 2.45) is 0 Å². The lowest BCUT2D eigenvalue weighted by Gasteiger charge is -2.04. The second-order valence-electron chi connectivity index (χ2n) is 5.48. The lowest BCUT2D eigenvalue weighted by atomic mass is 10.1. The van der Waals surface area contributed by atoms with E-state index in [1.165, 1.54) is 10.6 Å². The van der Waals surface area contributed by atoms with Crippen LogP contribution in [0.4, 0.5) is 0 Å². The first-order valence-electron chi connectivity index (χ1n) is 7.43. The molecule has 1 aromatic carbocycles. The highest BCUT2D eigenvalue weighted by atomic mass is 79.9. The molecule has 0 radical (unpaired) electrons. The van der Waals surface area contributed by atoms with Gasteiger partial charge in [0.2, 0.25) is 11.5 Å². The molecule has 0 N–H and O–H groups in total. The number of halogens is 1. The van der Waals surface area contributed by atoms with Crippen molar-refractivity contribution in [1.82, 2.24) is 9.72 Å². The maximum Gasteiger partial charge on any atom is 0.251 e. The second kappa shape index (κ2) is 6.97. The van der Waals surface area contributed by atoms with Crippen molar-refractivity contribution in [1.29, 1.82) is 0 Å². The van der Waals surface area contributed by atoms with E-state index >= 15 is 0 Å². The molecule has 0 bridgehead atoms. The van der Waals surface area contributed by atoms with E-state index < -0.39 is 0 Å². The first-order chi connectivity index (χ1) is 11.5. The number of Topliss-reactive ketones (excluding diaryl/α,β-unsaturated/α-hetero) is 1. The van der Waals surface area contributed by atoms with Crippen molar-refractivity contribution >= 4 is 21.7 Å². The highest BCUT2D eigenvalue weighted by molar-refractivity contribution is 9.10. The fourth-order valence-corrected chi connectivity index (χ4v) is 2.81. The molecule has 6 heteroatoms. The summed E-state index contributed by atoms with van der Waals surface area (Å²) in [5, 5.41) is 4.02. The minimum atomic E-state index is -0.278. The minimum Gasteiger partial charge on any atom is -0.352 e. The van der Waals surface area contributed by atoms with Gasteiger partial charge in [-0.05, 0) is 34.5 Å². The Labute approximate surface area is 147 Å². The summed E-state index contributed by atoms with van der Waals surface area (Å²) >= 11 is 3.29. The van der Waals surface area contributed by atoms with E-state index in [4.69, 9.17) is 4.52 Å². The predicted octanol–water partition coefficient (Wildman–Crippen LogP) is 3.38. The van der Waals surface area contributed by atoms with Crippen LogP contribution in [0.3, 0.4) is 0 Å². The number of pyridine rings is 1. The normalized spacial score (nSPS) is 10.8. The summed E-state index contributed by atoms with van der Waals surface area (Å²) in [6.07, 6.45) is 2.18. The summed E-state index contributed by atoms with van der Waals surface area (Å²) in [6.45, 7) is 1.73. The van der Waals surface area contributed by atoms with Gasteiger partial charge in [-0.25, -0.2) is 0 Å². The van der Waals surface area contributed by atoms with E-state index in [9.17, 15) is 9.59 Å². The van der Waals surface area contributed by atoms with Gasteiger partial charge in [-0.2, -0.15) is 0 Å². The molecule has 0 aliphatic heterocycles. The van der Waals surface area contributed by atoms with Gasteiger partial charge >= 0.3 is 0 Å². The van der Waals surface area contributed by atoms with E-state index in [1.54, 1.807) is 12.3 Å². The Kier molecular flexibility index (Phi) is 4.76. The molecule has 0 saturated carbocycles. The Bertz CT molecular complexity index is 929. The molecule has 0 aliphatic carbocycles. The number of carbonyl (C=O) groups excluding carboxylic acids is 1. The SMILES string of the molecule is Cc1c(Cc2ccccc2)noc1C(=O)Cn1cc(Br)ccc1=O. The molecule has 5 nitrogen and oxygen atoms in total. The lowest BCUT2D eigenvalue weighted by Crippen LogP contribution is -2.23. The molecule has 0 amide bonds. The number of nitrogens with zero attached hydrogens (tertiary/aromatic N) is 2. The fraction of sp³-hybridized carbons (Fsp3) is 0.167. The number of rotatable bonds is 5. The van der Waals surface area contributed by atoms with Crippen LogP contribution in [0.1, 0.15) is 27.4 Å². The van der Waals surface area contributed by atoms with Gasteiger partial charge in [0.25, 0.3) is 5.56 Å². The van der Waals surface area contributed by atoms with Gasteiger partial charge in [-0.1, -0.05) is 35.5 Å². The molecule has 0 unspecified atom stereocenters. The molecule has 3 rings (SSSR count). The summed E-state index contributed by atoms with van der Waals surface area (Å²) < 4.78 is 7.31. The minimum absolute atomic E-state index is 0.0842. The third kappa shape index (κ3) is 3.54. The molecule has 0 atom stereocenters. The van der Waals surface area contributed by atoms with Gasteiger partial charge in [0.05, 0.1) is 12.2 Å². The van der Waals surface area contributed by atoms with Gasteiger partial charge < -0.3 is 9.09 Å². The highest BCUT2D eigenvalue weighted by Crippen LogP contribution is 2.18. The van der Waals surface area contributed by atoms with Gasteiger partial charge in [-0.15, -0.1) is 0 Å². The second-order valence-corrected chi connectivity index (χ2v) is 6.40. The zero-order valence-corrected chi connectivity index (χ0v) is 14.6. The third-order valence-corrected chi connectivity index (χ3v) is 4.22. The summed E-state index contributed by atoms with van der Waals surface area (Å²) in [4.78, 5) is 24.3. The molecule has 122 valence electrons. The van der Waals surface area contributed by atoms with Crippen LogP contribution < -0.4 is 5.56 Å². The Morgan fingerprint density at radius 1 is 1.21 bits per heavy atom. The maximum atomic E-state index is 12.5. The molecule has 24 heavy (non-hydrogen) atoms. The maximum absolute atomic E-state index is 12.5. The quantitative estimate of drug-likeness (QED) is 0.630. The van der Waals surface area contributed by atoms with E-state index in [0.29, 0.717) is 12.0 Å². The van der Waals surface area contributed by atoms with Crippen LogP contribution >= 0.6 is 15.9 Å². The Hall–Kier alpha value is -2.47. The molecular weight excluding hydrogens is 372 g/mol. The van der Waals surface area contributed by atoms with Crippen LogP contribution in [-0.2, 0) is 13.0 Å². The zero-order chi connectivity index (χ0) is 17.1. The van der Waals surface area contributed by atoms with Crippen molar-refractivity contribution in [2.75, 3.05) is 0 Å². The summed E-state index contributed by atoms with van der Waals surface area (Å²) in [5.41, 5.74) is 2.29. The first-order valence-corrected chi connectivity index (χ1v) is 8.22. The van der Waals surface area contributed by atoms with Crippen LogP contribution in [0.2, 0.25) is 0 Å². The van der Waals surface area contributed by atoms with Crippen LogP contribution in [0.25, 0.3) is 0 Å². The molecule has 2 heterocycles. The van der Waals surface area contributed by atoms with Crippen molar-refractivity contribution in [2.45, 2.75) is 19.9 Å². The smallest absolute Gasteiger partial charge is 0.251 e. The van der Waals surface area contributed by atoms with Crippen LogP contribution in [0, 0.1) is 6.92 Å². The molecule has 2 aromatic heterocycles. The van der Waals surface area contributed by atoms with Crippen molar-refractivity contribution in [3.63, 3.8) is 0 Å². The largest absolute Gasteiger partial charge is 0.352 e. The van der Waals surface area contributed by atoms with Crippen molar-refractivity contribution in [3.8, 4) is 0 Å². The van der Waals surface area contributed by atoms with Crippen molar-refractivity contribution in [3.05, 3.63) is 86.1 Å². The Morgan fingerprint density at radius 2 is 1.96 bits per heavy atom. The number of benzene rings is 1. The molecular formula is C18H15BrN2O3. The standard InChI is InChI=1S/C18H15BrN2O3/c1-12-15(9-13-5-3-2-4-6-13)20-24-18(12)16(22)11-21-10-14(19)7-8-17(21)23/h2-8,10H,9,11H2,1H3. The topological polar surface area (TPSA) is 65.1 Å². The fourth-order valence-electron chi connectivity index (χ4n) is 2.44. The van der Waals surface area contributed by atoms with E-state index in [2.05, 4.69) is 21.1 Å². The molecule has 0 saturated heterocycles. The number of carbonyl (C=O) groups is 1. The average Bonchev–Trinajstić information content (AvgIpc) is 2.93. The number of aromatic nitrogens is 2. The van der Waals surface area contributed by atoms with Gasteiger partial charge in [0, 0.05) is 28.7 Å². The monoisotopic (exact) mass is 386 g/mol. The predicted molar refractivity (Wildman–Crippen MR) is 93.2 cm³/mol. The zero-order valence-electron chi connectivity index (χ0n) is 13.0. The van der Waals surface area contributed by atoms with E-state index in [-0.39, 0.29) is 23.6 Å². The number of hydrogen-bond acceptors (Lipinski definition) is 4. The number of hydrogen-bond donors (Lipinski definition) is 0. The van der Waals surface area contributed by atoms with Gasteiger partial charge in [0.15, 0.2) is 0 Å². The summed E-state index contributed by atoms with van der Waals surface area (Å²) in [6, 6.07) is 12.9. The molecule has 0 spiro atoms. The molecule has 0 fully saturated rings. The average molecular weight is 387 g/mol. The van der Waals surface area contributed by atoms with Gasteiger partial charge in [0.1, 0.15) is 0 Å². The number of ketones is 1. The van der Waals surface area contributed by atoms with E-state index in [0.717, 1.165) is 15.7 Å². The first kappa shape index (κ1) is 16.4.